The molecule has 1 amide bonds. The van der Waals surface area contributed by atoms with E-state index in [1.807, 2.05) is 38.1 Å². The zero-order valence-electron chi connectivity index (χ0n) is 15.8. The van der Waals surface area contributed by atoms with Crippen molar-refractivity contribution in [3.8, 4) is 11.4 Å². The summed E-state index contributed by atoms with van der Waals surface area (Å²) in [5.41, 5.74) is 3.23. The van der Waals surface area contributed by atoms with Crippen LogP contribution in [0.15, 0.2) is 48.5 Å². The number of nitro benzene ring substituents is 1. The number of ether oxygens (including phenoxy) is 1. The van der Waals surface area contributed by atoms with Gasteiger partial charge >= 0.3 is 5.69 Å². The number of nitrogens with one attached hydrogen (secondary N) is 1. The maximum absolute atomic E-state index is 12.3. The lowest BCUT2D eigenvalue weighted by Gasteiger charge is -2.10. The third kappa shape index (κ3) is 4.35. The lowest BCUT2D eigenvalue weighted by Crippen LogP contribution is -2.22. The van der Waals surface area contributed by atoms with E-state index in [1.165, 1.54) is 12.1 Å². The molecular formula is C20H20N4O4. The first kappa shape index (κ1) is 19.1. The first-order valence-corrected chi connectivity index (χ1v) is 8.65. The van der Waals surface area contributed by atoms with E-state index in [1.54, 1.807) is 23.7 Å². The predicted molar refractivity (Wildman–Crippen MR) is 105 cm³/mol. The van der Waals surface area contributed by atoms with E-state index in [0.717, 1.165) is 22.5 Å². The number of amides is 1. The molecule has 28 heavy (non-hydrogen) atoms. The highest BCUT2D eigenvalue weighted by atomic mass is 16.6. The second kappa shape index (κ2) is 7.91. The quantitative estimate of drug-likeness (QED) is 0.519. The molecule has 1 heterocycles. The number of hydrogen-bond acceptors (Lipinski definition) is 5. The molecule has 0 saturated heterocycles. The summed E-state index contributed by atoms with van der Waals surface area (Å²) in [5, 5.41) is 18.3. The lowest BCUT2D eigenvalue weighted by molar-refractivity contribution is -0.385. The Morgan fingerprint density at radius 1 is 1.11 bits per heavy atom. The minimum absolute atomic E-state index is 0.0500. The third-order valence-corrected chi connectivity index (χ3v) is 4.05. The van der Waals surface area contributed by atoms with Crippen molar-refractivity contribution in [2.45, 2.75) is 20.8 Å². The number of anilines is 1. The molecule has 0 fully saturated rings. The van der Waals surface area contributed by atoms with E-state index in [0.29, 0.717) is 5.82 Å². The van der Waals surface area contributed by atoms with Crippen LogP contribution in [0.5, 0.6) is 5.75 Å². The molecule has 0 aliphatic carbocycles. The fourth-order valence-electron chi connectivity index (χ4n) is 2.69. The fourth-order valence-corrected chi connectivity index (χ4v) is 2.69. The maximum atomic E-state index is 12.3. The van der Waals surface area contributed by atoms with Crippen LogP contribution < -0.4 is 10.1 Å². The van der Waals surface area contributed by atoms with E-state index in [9.17, 15) is 14.9 Å². The van der Waals surface area contributed by atoms with Gasteiger partial charge in [0.15, 0.2) is 12.4 Å². The normalized spacial score (nSPS) is 10.5. The van der Waals surface area contributed by atoms with Crippen LogP contribution in [0.3, 0.4) is 0 Å². The summed E-state index contributed by atoms with van der Waals surface area (Å²) in [6, 6.07) is 14.1. The molecule has 8 nitrogen and oxygen atoms in total. The second-order valence-electron chi connectivity index (χ2n) is 6.48. The molecule has 144 valence electrons. The Hall–Kier alpha value is -3.68. The zero-order valence-corrected chi connectivity index (χ0v) is 15.8. The van der Waals surface area contributed by atoms with E-state index < -0.39 is 10.8 Å². The molecule has 2 aromatic carbocycles. The number of aryl methyl sites for hydroxylation is 3. The first-order valence-electron chi connectivity index (χ1n) is 8.65. The highest BCUT2D eigenvalue weighted by molar-refractivity contribution is 5.91. The van der Waals surface area contributed by atoms with Gasteiger partial charge < -0.3 is 10.1 Å². The Morgan fingerprint density at radius 2 is 1.79 bits per heavy atom. The molecule has 0 saturated carbocycles. The molecule has 3 rings (SSSR count). The molecule has 0 spiro atoms. The van der Waals surface area contributed by atoms with Gasteiger partial charge in [-0.2, -0.15) is 5.10 Å². The second-order valence-corrected chi connectivity index (χ2v) is 6.48. The Bertz CT molecular complexity index is 1030. The first-order chi connectivity index (χ1) is 13.3. The molecule has 0 unspecified atom stereocenters. The van der Waals surface area contributed by atoms with Crippen LogP contribution in [-0.4, -0.2) is 27.2 Å². The summed E-state index contributed by atoms with van der Waals surface area (Å²) in [4.78, 5) is 23.0. The van der Waals surface area contributed by atoms with Crippen LogP contribution in [0.4, 0.5) is 11.5 Å². The predicted octanol–water partition coefficient (Wildman–Crippen LogP) is 3.72. The Balaban J connectivity index is 1.73. The van der Waals surface area contributed by atoms with Gasteiger partial charge in [-0.1, -0.05) is 23.8 Å². The van der Waals surface area contributed by atoms with Crippen molar-refractivity contribution < 1.29 is 14.5 Å². The molecule has 0 atom stereocenters. The number of carbonyl (C=O) groups is 1. The average molecular weight is 380 g/mol. The van der Waals surface area contributed by atoms with Gasteiger partial charge in [0.2, 0.25) is 0 Å². The number of nitrogens with zero attached hydrogens (tertiary/aromatic N) is 3. The topological polar surface area (TPSA) is 99.3 Å². The Kier molecular flexibility index (Phi) is 5.39. The minimum atomic E-state index is -0.532. The summed E-state index contributed by atoms with van der Waals surface area (Å²) in [5.74, 6) is 0.102. The van der Waals surface area contributed by atoms with E-state index in [2.05, 4.69) is 10.4 Å². The van der Waals surface area contributed by atoms with Crippen molar-refractivity contribution in [3.05, 3.63) is 75.5 Å². The van der Waals surface area contributed by atoms with Crippen molar-refractivity contribution in [3.63, 3.8) is 0 Å². The number of carbonyl (C=O) groups excluding carboxylic acids is 1. The SMILES string of the molecule is Cc1ccc(-n2nc(C)cc2NC(=O)COc2ccc(C)cc2[N+](=O)[O-])cc1. The summed E-state index contributed by atoms with van der Waals surface area (Å²) >= 11 is 0. The molecule has 8 heteroatoms. The van der Waals surface area contributed by atoms with Crippen LogP contribution in [0.2, 0.25) is 0 Å². The van der Waals surface area contributed by atoms with Gasteiger partial charge in [0.05, 0.1) is 16.3 Å². The van der Waals surface area contributed by atoms with Gasteiger partial charge in [-0.15, -0.1) is 0 Å². The summed E-state index contributed by atoms with van der Waals surface area (Å²) in [6.07, 6.45) is 0. The van der Waals surface area contributed by atoms with Crippen LogP contribution in [0, 0.1) is 30.9 Å². The van der Waals surface area contributed by atoms with Gasteiger partial charge in [-0.3, -0.25) is 14.9 Å². The zero-order chi connectivity index (χ0) is 20.3. The summed E-state index contributed by atoms with van der Waals surface area (Å²) in [6.45, 7) is 5.20. The average Bonchev–Trinajstić information content (AvgIpc) is 3.01. The van der Waals surface area contributed by atoms with E-state index in [4.69, 9.17) is 4.74 Å². The molecule has 0 aliphatic heterocycles. The van der Waals surface area contributed by atoms with Crippen LogP contribution in [0.1, 0.15) is 16.8 Å². The number of rotatable bonds is 6. The van der Waals surface area contributed by atoms with Crippen molar-refractivity contribution in [2.75, 3.05) is 11.9 Å². The van der Waals surface area contributed by atoms with E-state index in [-0.39, 0.29) is 18.0 Å². The van der Waals surface area contributed by atoms with Gasteiger partial charge in [-0.25, -0.2) is 4.68 Å². The molecule has 0 aliphatic rings. The molecule has 3 aromatic rings. The molecule has 0 radical (unpaired) electrons. The Morgan fingerprint density at radius 3 is 2.46 bits per heavy atom. The van der Waals surface area contributed by atoms with Crippen molar-refractivity contribution in [2.24, 2.45) is 0 Å². The van der Waals surface area contributed by atoms with Crippen molar-refractivity contribution >= 4 is 17.4 Å². The summed E-state index contributed by atoms with van der Waals surface area (Å²) < 4.78 is 7.00. The highest BCUT2D eigenvalue weighted by Crippen LogP contribution is 2.27. The molecule has 1 N–H and O–H groups in total. The Labute approximate surface area is 161 Å². The number of hydrogen-bond donors (Lipinski definition) is 1. The molecule has 0 bridgehead atoms. The van der Waals surface area contributed by atoms with Crippen LogP contribution >= 0.6 is 0 Å². The van der Waals surface area contributed by atoms with Crippen LogP contribution in [-0.2, 0) is 4.79 Å². The van der Waals surface area contributed by atoms with Gasteiger partial charge in [0.25, 0.3) is 5.91 Å². The lowest BCUT2D eigenvalue weighted by atomic mass is 10.2. The fraction of sp³-hybridized carbons (Fsp3) is 0.200. The monoisotopic (exact) mass is 380 g/mol. The van der Waals surface area contributed by atoms with Crippen molar-refractivity contribution in [1.29, 1.82) is 0 Å². The van der Waals surface area contributed by atoms with Crippen molar-refractivity contribution in [1.82, 2.24) is 9.78 Å². The highest BCUT2D eigenvalue weighted by Gasteiger charge is 2.17. The summed E-state index contributed by atoms with van der Waals surface area (Å²) in [7, 11) is 0. The number of benzene rings is 2. The van der Waals surface area contributed by atoms with Gasteiger partial charge in [-0.05, 0) is 44.5 Å². The smallest absolute Gasteiger partial charge is 0.311 e. The number of aromatic nitrogens is 2. The van der Waals surface area contributed by atoms with E-state index >= 15 is 0 Å². The maximum Gasteiger partial charge on any atom is 0.311 e. The standard InChI is InChI=1S/C20H20N4O4/c1-13-4-7-16(8-5-13)23-19(11-15(3)22-23)21-20(25)12-28-18-9-6-14(2)10-17(18)24(26)27/h4-11H,12H2,1-3H3,(H,21,25). The third-order valence-electron chi connectivity index (χ3n) is 4.05. The minimum Gasteiger partial charge on any atom is -0.477 e. The molecule has 1 aromatic heterocycles. The van der Waals surface area contributed by atoms with Gasteiger partial charge in [0, 0.05) is 12.1 Å². The number of nitro groups is 1. The largest absolute Gasteiger partial charge is 0.477 e. The van der Waals surface area contributed by atoms with Crippen LogP contribution in [0.25, 0.3) is 5.69 Å². The molecular weight excluding hydrogens is 360 g/mol. The van der Waals surface area contributed by atoms with Gasteiger partial charge in [0.1, 0.15) is 5.82 Å².